The third kappa shape index (κ3) is 3.14. The van der Waals surface area contributed by atoms with Crippen LogP contribution < -0.4 is 16.0 Å². The van der Waals surface area contributed by atoms with E-state index < -0.39 is 22.3 Å². The normalized spacial score (nSPS) is 15.3. The van der Waals surface area contributed by atoms with Gasteiger partial charge in [0, 0.05) is 32.8 Å². The zero-order valence-corrected chi connectivity index (χ0v) is 18.8. The van der Waals surface area contributed by atoms with E-state index in [2.05, 4.69) is 0 Å². The van der Waals surface area contributed by atoms with E-state index >= 15 is 0 Å². The van der Waals surface area contributed by atoms with Crippen LogP contribution in [0.1, 0.15) is 17.4 Å². The molecule has 0 N–H and O–H groups in total. The number of nitro groups is 1. The van der Waals surface area contributed by atoms with Crippen molar-refractivity contribution in [2.75, 3.05) is 13.7 Å². The van der Waals surface area contributed by atoms with Crippen LogP contribution in [0.15, 0.2) is 58.1 Å². The largest absolute Gasteiger partial charge is 0.497 e. The highest BCUT2D eigenvalue weighted by Gasteiger charge is 2.33. The lowest BCUT2D eigenvalue weighted by Gasteiger charge is -2.27. The molecule has 0 bridgehead atoms. The Labute approximate surface area is 193 Å². The minimum atomic E-state index is -0.694. The van der Waals surface area contributed by atoms with Gasteiger partial charge in [0.1, 0.15) is 11.9 Å². The number of aryl methyl sites for hydroxylation is 1. The fourth-order valence-electron chi connectivity index (χ4n) is 4.68. The highest BCUT2D eigenvalue weighted by molar-refractivity contribution is 5.96. The molecule has 34 heavy (non-hydrogen) atoms. The second-order valence-corrected chi connectivity index (χ2v) is 8.15. The Morgan fingerprint density at radius 3 is 2.50 bits per heavy atom. The Balaban J connectivity index is 1.88. The van der Waals surface area contributed by atoms with Crippen LogP contribution in [0.3, 0.4) is 0 Å². The molecule has 0 spiro atoms. The maximum atomic E-state index is 13.4. The van der Waals surface area contributed by atoms with Crippen molar-refractivity contribution in [3.63, 3.8) is 0 Å². The Kier molecular flexibility index (Phi) is 5.09. The van der Waals surface area contributed by atoms with Crippen LogP contribution in [0.4, 0.5) is 5.69 Å². The molecule has 2 aromatic carbocycles. The number of aromatic nitrogens is 3. The van der Waals surface area contributed by atoms with Crippen molar-refractivity contribution < 1.29 is 14.4 Å². The number of hydrogen-bond acceptors (Lipinski definition) is 6. The second kappa shape index (κ2) is 7.99. The first-order valence-electron chi connectivity index (χ1n) is 10.7. The van der Waals surface area contributed by atoms with Crippen LogP contribution in [-0.4, -0.2) is 32.3 Å². The molecule has 0 aliphatic carbocycles. The highest BCUT2D eigenvalue weighted by Crippen LogP contribution is 2.41. The van der Waals surface area contributed by atoms with E-state index in [9.17, 15) is 19.7 Å². The van der Waals surface area contributed by atoms with Gasteiger partial charge in [-0.15, -0.1) is 0 Å². The number of rotatable bonds is 4. The van der Waals surface area contributed by atoms with Crippen molar-refractivity contribution in [3.8, 4) is 17.0 Å². The summed E-state index contributed by atoms with van der Waals surface area (Å²) in [6, 6.07) is 13.6. The lowest BCUT2D eigenvalue weighted by Crippen LogP contribution is -2.37. The summed E-state index contributed by atoms with van der Waals surface area (Å²) in [5.41, 5.74) is 2.16. The Bertz CT molecular complexity index is 1560. The number of hydrogen-bond donors (Lipinski definition) is 0. The minimum absolute atomic E-state index is 0.0609. The Morgan fingerprint density at radius 2 is 1.82 bits per heavy atom. The van der Waals surface area contributed by atoms with Gasteiger partial charge in [-0.1, -0.05) is 12.1 Å². The summed E-state index contributed by atoms with van der Waals surface area (Å²) in [5, 5.41) is 11.8. The molecule has 5 rings (SSSR count). The predicted molar refractivity (Wildman–Crippen MR) is 125 cm³/mol. The fraction of sp³-hybridized carbons (Fsp3) is 0.250. The summed E-state index contributed by atoms with van der Waals surface area (Å²) < 4.78 is 15.9. The van der Waals surface area contributed by atoms with Gasteiger partial charge in [-0.05, 0) is 35.4 Å². The van der Waals surface area contributed by atoms with Crippen LogP contribution in [0.2, 0.25) is 0 Å². The van der Waals surface area contributed by atoms with Gasteiger partial charge >= 0.3 is 5.69 Å². The lowest BCUT2D eigenvalue weighted by atomic mass is 10.0. The van der Waals surface area contributed by atoms with Gasteiger partial charge in [-0.25, -0.2) is 4.79 Å². The topological polar surface area (TPSA) is 111 Å². The van der Waals surface area contributed by atoms with E-state index in [4.69, 9.17) is 9.47 Å². The molecule has 1 atom stereocenters. The third-order valence-electron chi connectivity index (χ3n) is 6.30. The van der Waals surface area contributed by atoms with Crippen molar-refractivity contribution in [2.45, 2.75) is 12.6 Å². The number of nitrogens with zero attached hydrogens (tertiary/aromatic N) is 4. The average molecular weight is 462 g/mol. The van der Waals surface area contributed by atoms with Crippen LogP contribution in [0, 0.1) is 10.1 Å². The molecule has 1 aliphatic rings. The van der Waals surface area contributed by atoms with Gasteiger partial charge in [0.15, 0.2) is 0 Å². The first-order valence-corrected chi connectivity index (χ1v) is 10.7. The SMILES string of the molecule is COc1ccc(-c2c3c(=O)n(C)c(=O)n(C)c3c3n2CCO[C@H]3c2cccc([N+](=O)[O-])c2)cc1. The van der Waals surface area contributed by atoms with Crippen LogP contribution in [0.5, 0.6) is 5.75 Å². The first kappa shape index (κ1) is 21.7. The van der Waals surface area contributed by atoms with Gasteiger partial charge in [-0.3, -0.25) is 24.0 Å². The molecule has 0 fully saturated rings. The monoisotopic (exact) mass is 462 g/mol. The molecule has 2 aromatic heterocycles. The minimum Gasteiger partial charge on any atom is -0.497 e. The molecule has 174 valence electrons. The van der Waals surface area contributed by atoms with Crippen molar-refractivity contribution in [1.82, 2.24) is 13.7 Å². The zero-order valence-electron chi connectivity index (χ0n) is 18.8. The number of benzene rings is 2. The molecule has 0 amide bonds. The van der Waals surface area contributed by atoms with E-state index in [1.54, 1.807) is 26.3 Å². The summed E-state index contributed by atoms with van der Waals surface area (Å²) in [7, 11) is 4.64. The van der Waals surface area contributed by atoms with E-state index in [0.29, 0.717) is 46.8 Å². The predicted octanol–water partition coefficient (Wildman–Crippen LogP) is 2.74. The van der Waals surface area contributed by atoms with Crippen molar-refractivity contribution in [2.24, 2.45) is 14.1 Å². The van der Waals surface area contributed by atoms with Crippen molar-refractivity contribution >= 4 is 16.6 Å². The summed E-state index contributed by atoms with van der Waals surface area (Å²) >= 11 is 0. The number of nitro benzene ring substituents is 1. The summed E-state index contributed by atoms with van der Waals surface area (Å²) in [5.74, 6) is 0.677. The molecular weight excluding hydrogens is 440 g/mol. The number of non-ortho nitro benzene ring substituents is 1. The van der Waals surface area contributed by atoms with E-state index in [1.165, 1.54) is 23.7 Å². The quantitative estimate of drug-likeness (QED) is 0.341. The number of methoxy groups -OCH3 is 1. The van der Waals surface area contributed by atoms with Gasteiger partial charge < -0.3 is 14.0 Å². The van der Waals surface area contributed by atoms with E-state index in [0.717, 1.165) is 10.1 Å². The first-order chi connectivity index (χ1) is 16.3. The molecule has 0 unspecified atom stereocenters. The van der Waals surface area contributed by atoms with Gasteiger partial charge in [-0.2, -0.15) is 0 Å². The Hall–Kier alpha value is -4.18. The molecule has 10 nitrogen and oxygen atoms in total. The molecule has 0 saturated heterocycles. The van der Waals surface area contributed by atoms with Crippen LogP contribution in [-0.2, 0) is 25.4 Å². The third-order valence-corrected chi connectivity index (χ3v) is 6.30. The van der Waals surface area contributed by atoms with Gasteiger partial charge in [0.25, 0.3) is 11.2 Å². The Morgan fingerprint density at radius 1 is 1.09 bits per heavy atom. The smallest absolute Gasteiger partial charge is 0.331 e. The van der Waals surface area contributed by atoms with Gasteiger partial charge in [0.05, 0.1) is 40.9 Å². The maximum Gasteiger partial charge on any atom is 0.331 e. The molecular formula is C24H22N4O6. The molecule has 0 saturated carbocycles. The highest BCUT2D eigenvalue weighted by atomic mass is 16.6. The summed E-state index contributed by atoms with van der Waals surface area (Å²) in [4.78, 5) is 37.2. The molecule has 3 heterocycles. The standard InChI is InChI=1S/C24H22N4O6/c1-25-20-18(23(29)26(2)24(25)30)19(14-7-9-17(33-3)10-8-14)27-11-12-34-22(21(20)27)15-5-4-6-16(13-15)28(31)32/h4-10,13,22H,11-12H2,1-3H3/t22-/m0/s1. The lowest BCUT2D eigenvalue weighted by molar-refractivity contribution is -0.385. The van der Waals surface area contributed by atoms with Crippen molar-refractivity contribution in [3.05, 3.63) is 90.7 Å². The van der Waals surface area contributed by atoms with E-state index in [1.807, 2.05) is 28.8 Å². The molecule has 1 aliphatic heterocycles. The zero-order chi connectivity index (χ0) is 24.1. The number of ether oxygens (including phenoxy) is 2. The fourth-order valence-corrected chi connectivity index (χ4v) is 4.68. The van der Waals surface area contributed by atoms with Crippen molar-refractivity contribution in [1.29, 1.82) is 0 Å². The summed E-state index contributed by atoms with van der Waals surface area (Å²) in [6.07, 6.45) is -0.694. The molecule has 0 radical (unpaired) electrons. The molecule has 4 aromatic rings. The maximum absolute atomic E-state index is 13.4. The summed E-state index contributed by atoms with van der Waals surface area (Å²) in [6.45, 7) is 0.785. The molecule has 10 heteroatoms. The van der Waals surface area contributed by atoms with Crippen LogP contribution >= 0.6 is 0 Å². The number of fused-ring (bicyclic) bond motifs is 3. The average Bonchev–Trinajstić information content (AvgIpc) is 3.22. The van der Waals surface area contributed by atoms with E-state index in [-0.39, 0.29) is 5.69 Å². The van der Waals surface area contributed by atoms with Gasteiger partial charge in [0.2, 0.25) is 0 Å². The van der Waals surface area contributed by atoms with Crippen LogP contribution in [0.25, 0.3) is 22.2 Å². The second-order valence-electron chi connectivity index (χ2n) is 8.15.